The Hall–Kier alpha value is -8.41. The quantitative estimate of drug-likeness (QED) is 0.162. The molecule has 290 valence electrons. The second-order valence-corrected chi connectivity index (χ2v) is 15.7. The van der Waals surface area contributed by atoms with Crippen molar-refractivity contribution in [2.24, 2.45) is 0 Å². The molecular weight excluding hydrogens is 755 g/mol. The summed E-state index contributed by atoms with van der Waals surface area (Å²) in [5.74, 6) is 0.662. The Balaban J connectivity index is 1.05. The van der Waals surface area contributed by atoms with E-state index in [1.165, 1.54) is 10.8 Å². The number of aromatic nitrogens is 5. The lowest BCUT2D eigenvalue weighted by atomic mass is 9.96. The van der Waals surface area contributed by atoms with Crippen LogP contribution >= 0.6 is 0 Å². The van der Waals surface area contributed by atoms with Crippen molar-refractivity contribution in [2.45, 2.75) is 0 Å². The maximum atomic E-state index is 5.45. The third-order valence-corrected chi connectivity index (χ3v) is 11.9. The van der Waals surface area contributed by atoms with Gasteiger partial charge in [0.2, 0.25) is 0 Å². The van der Waals surface area contributed by atoms with Crippen LogP contribution < -0.4 is 0 Å². The predicted octanol–water partition coefficient (Wildman–Crippen LogP) is 14.4. The lowest BCUT2D eigenvalue weighted by Gasteiger charge is -2.13. The molecule has 62 heavy (non-hydrogen) atoms. The number of pyridine rings is 1. The van der Waals surface area contributed by atoms with Crippen LogP contribution in [0.15, 0.2) is 224 Å². The van der Waals surface area contributed by atoms with Gasteiger partial charge >= 0.3 is 0 Å². The van der Waals surface area contributed by atoms with Crippen LogP contribution in [-0.4, -0.2) is 24.1 Å². The predicted molar refractivity (Wildman–Crippen MR) is 255 cm³/mol. The van der Waals surface area contributed by atoms with Crippen LogP contribution in [0.2, 0.25) is 0 Å². The number of fused-ring (bicyclic) bond motifs is 6. The first-order chi connectivity index (χ1) is 30.7. The summed E-state index contributed by atoms with van der Waals surface area (Å²) in [5, 5.41) is 10.2. The van der Waals surface area contributed by atoms with Gasteiger partial charge in [-0.3, -0.25) is 0 Å². The molecule has 12 rings (SSSR count). The summed E-state index contributed by atoms with van der Waals surface area (Å²) >= 11 is 0. The van der Waals surface area contributed by atoms with Crippen LogP contribution in [0.25, 0.3) is 111 Å². The molecule has 0 aliphatic rings. The molecule has 0 spiro atoms. The van der Waals surface area contributed by atoms with Crippen LogP contribution in [0.1, 0.15) is 0 Å². The molecule has 0 saturated heterocycles. The largest absolute Gasteiger partial charge is 0.309 e. The summed E-state index contributed by atoms with van der Waals surface area (Å²) in [7, 11) is 0. The Morgan fingerprint density at radius 1 is 0.355 bits per heavy atom. The van der Waals surface area contributed by atoms with Crippen molar-refractivity contribution in [1.82, 2.24) is 24.1 Å². The van der Waals surface area contributed by atoms with Gasteiger partial charge in [-0.15, -0.1) is 0 Å². The van der Waals surface area contributed by atoms with Crippen molar-refractivity contribution in [2.75, 3.05) is 0 Å². The zero-order chi connectivity index (χ0) is 41.0. The molecule has 4 aromatic heterocycles. The van der Waals surface area contributed by atoms with Crippen molar-refractivity contribution < 1.29 is 0 Å². The van der Waals surface area contributed by atoms with E-state index in [2.05, 4.69) is 227 Å². The van der Waals surface area contributed by atoms with E-state index in [9.17, 15) is 0 Å². The minimum atomic E-state index is 0.662. The molecule has 0 bridgehead atoms. The number of nitrogens with zero attached hydrogens (tertiary/aromatic N) is 5. The van der Waals surface area contributed by atoms with Gasteiger partial charge in [-0.2, -0.15) is 5.10 Å². The number of hydrogen-bond acceptors (Lipinski definition) is 3. The van der Waals surface area contributed by atoms with Gasteiger partial charge < -0.3 is 4.57 Å². The van der Waals surface area contributed by atoms with Crippen molar-refractivity contribution in [3.8, 4) is 73.2 Å². The van der Waals surface area contributed by atoms with Crippen molar-refractivity contribution in [1.29, 1.82) is 0 Å². The SMILES string of the molecule is c1ccc(-c2cc(-c3cccc(-c4cc5ccccc5c5c(-c6ccccc6)c(-c6ccccc6)nn45)c3)nc(-c3cccc(-n4c5ccccc5c5ccccc54)c3)n2)cc1. The van der Waals surface area contributed by atoms with Crippen molar-refractivity contribution in [3.05, 3.63) is 224 Å². The molecule has 0 atom stereocenters. The van der Waals surface area contributed by atoms with Crippen LogP contribution in [0.5, 0.6) is 0 Å². The molecule has 0 aliphatic heterocycles. The lowest BCUT2D eigenvalue weighted by Crippen LogP contribution is -1.99. The third kappa shape index (κ3) is 5.98. The summed E-state index contributed by atoms with van der Waals surface area (Å²) in [6.45, 7) is 0. The molecule has 0 fully saturated rings. The highest BCUT2D eigenvalue weighted by molar-refractivity contribution is 6.10. The van der Waals surface area contributed by atoms with Crippen LogP contribution in [0.4, 0.5) is 0 Å². The minimum Gasteiger partial charge on any atom is -0.309 e. The highest BCUT2D eigenvalue weighted by Crippen LogP contribution is 2.41. The summed E-state index contributed by atoms with van der Waals surface area (Å²) in [6.07, 6.45) is 0. The van der Waals surface area contributed by atoms with Gasteiger partial charge in [0.15, 0.2) is 5.82 Å². The molecule has 5 nitrogen and oxygen atoms in total. The first-order valence-corrected chi connectivity index (χ1v) is 20.9. The Bertz CT molecular complexity index is 3570. The molecule has 0 aliphatic carbocycles. The number of para-hydroxylation sites is 2. The van der Waals surface area contributed by atoms with E-state index in [1.54, 1.807) is 0 Å². The topological polar surface area (TPSA) is 48.0 Å². The summed E-state index contributed by atoms with van der Waals surface area (Å²) in [5.41, 5.74) is 15.4. The van der Waals surface area contributed by atoms with E-state index >= 15 is 0 Å². The molecule has 0 radical (unpaired) electrons. The molecule has 5 heteroatoms. The van der Waals surface area contributed by atoms with E-state index < -0.39 is 0 Å². The molecule has 0 unspecified atom stereocenters. The summed E-state index contributed by atoms with van der Waals surface area (Å²) in [6, 6.07) is 79.0. The third-order valence-electron chi connectivity index (χ3n) is 11.9. The van der Waals surface area contributed by atoms with Crippen molar-refractivity contribution >= 4 is 38.1 Å². The number of hydrogen-bond donors (Lipinski definition) is 0. The van der Waals surface area contributed by atoms with Crippen LogP contribution in [0, 0.1) is 0 Å². The number of rotatable bonds is 7. The van der Waals surface area contributed by atoms with Gasteiger partial charge in [0, 0.05) is 55.2 Å². The maximum absolute atomic E-state index is 5.45. The molecule has 8 aromatic carbocycles. The average molecular weight is 792 g/mol. The zero-order valence-corrected chi connectivity index (χ0v) is 33.6. The fourth-order valence-corrected chi connectivity index (χ4v) is 9.07. The molecular formula is C57H37N5. The van der Waals surface area contributed by atoms with Gasteiger partial charge in [0.1, 0.15) is 5.69 Å². The van der Waals surface area contributed by atoms with E-state index in [0.29, 0.717) is 5.82 Å². The van der Waals surface area contributed by atoms with E-state index in [0.717, 1.165) is 94.7 Å². The van der Waals surface area contributed by atoms with Crippen LogP contribution in [0.3, 0.4) is 0 Å². The number of benzene rings is 8. The lowest BCUT2D eigenvalue weighted by molar-refractivity contribution is 0.979. The van der Waals surface area contributed by atoms with Gasteiger partial charge in [0.05, 0.1) is 33.6 Å². The first-order valence-electron chi connectivity index (χ1n) is 20.9. The Kier molecular flexibility index (Phi) is 8.42. The Morgan fingerprint density at radius 2 is 0.887 bits per heavy atom. The monoisotopic (exact) mass is 791 g/mol. The Labute approximate surface area is 358 Å². The first kappa shape index (κ1) is 35.5. The highest BCUT2D eigenvalue weighted by atomic mass is 15.2. The summed E-state index contributed by atoms with van der Waals surface area (Å²) < 4.78 is 4.48. The maximum Gasteiger partial charge on any atom is 0.160 e. The molecule has 0 saturated carbocycles. The molecule has 0 N–H and O–H groups in total. The van der Waals surface area contributed by atoms with Gasteiger partial charge in [0.25, 0.3) is 0 Å². The van der Waals surface area contributed by atoms with Crippen molar-refractivity contribution in [3.63, 3.8) is 0 Å². The van der Waals surface area contributed by atoms with Gasteiger partial charge in [-0.05, 0) is 53.4 Å². The van der Waals surface area contributed by atoms with E-state index in [1.807, 2.05) is 6.07 Å². The van der Waals surface area contributed by atoms with E-state index in [-0.39, 0.29) is 0 Å². The zero-order valence-electron chi connectivity index (χ0n) is 33.6. The fraction of sp³-hybridized carbons (Fsp3) is 0. The van der Waals surface area contributed by atoms with Gasteiger partial charge in [-0.25, -0.2) is 14.5 Å². The summed E-state index contributed by atoms with van der Waals surface area (Å²) in [4.78, 5) is 10.6. The van der Waals surface area contributed by atoms with Crippen LogP contribution in [-0.2, 0) is 0 Å². The average Bonchev–Trinajstić information content (AvgIpc) is 3.92. The molecule has 0 amide bonds. The second kappa shape index (κ2) is 14.7. The molecule has 4 heterocycles. The normalized spacial score (nSPS) is 11.5. The second-order valence-electron chi connectivity index (χ2n) is 15.7. The van der Waals surface area contributed by atoms with E-state index in [4.69, 9.17) is 15.1 Å². The standard InChI is InChI=1S/C57H37N5/c1-4-18-38(19-5-1)49-37-50(59-57(58-49)44-27-17-28-45(35-44)61-51-32-14-12-30-47(51)48-31-13-15-33-52(48)61)42-25-16-26-43(34-42)53-36-41-24-10-11-29-46(41)56-54(39-20-6-2-7-21-39)55(60-62(53)56)40-22-8-3-9-23-40/h1-37H. The molecule has 12 aromatic rings. The fourth-order valence-electron chi connectivity index (χ4n) is 9.07. The highest BCUT2D eigenvalue weighted by Gasteiger charge is 2.22. The van der Waals surface area contributed by atoms with Gasteiger partial charge in [-0.1, -0.05) is 182 Å². The smallest absolute Gasteiger partial charge is 0.160 e. The Morgan fingerprint density at radius 3 is 1.60 bits per heavy atom. The minimum absolute atomic E-state index is 0.662.